The van der Waals surface area contributed by atoms with Gasteiger partial charge in [-0.05, 0) is 30.7 Å². The molecule has 1 unspecified atom stereocenters. The molecule has 0 aliphatic rings. The van der Waals surface area contributed by atoms with Gasteiger partial charge in [0.05, 0.1) is 5.71 Å². The van der Waals surface area contributed by atoms with Gasteiger partial charge in [-0.15, -0.1) is 0 Å². The lowest BCUT2D eigenvalue weighted by atomic mass is 10.1. The predicted molar refractivity (Wildman–Crippen MR) is 102 cm³/mol. The van der Waals surface area contributed by atoms with E-state index < -0.39 is 0 Å². The standard InChI is InChI=1S/C20H23ClN2O2/c1-14(10-19(22)15(2)24)23-12-17-11-18(21)8-9-20(17)25-13-16-6-4-3-5-7-16/h3-9,11,14,22-23H,10,12-13H2,1-2H3. The van der Waals surface area contributed by atoms with Crippen LogP contribution in [0.1, 0.15) is 31.4 Å². The lowest BCUT2D eigenvalue weighted by molar-refractivity contribution is -0.111. The Morgan fingerprint density at radius 1 is 1.24 bits per heavy atom. The Morgan fingerprint density at radius 2 is 1.96 bits per heavy atom. The maximum atomic E-state index is 11.2. The Morgan fingerprint density at radius 3 is 2.64 bits per heavy atom. The van der Waals surface area contributed by atoms with Gasteiger partial charge in [0.15, 0.2) is 5.78 Å². The molecule has 0 bridgehead atoms. The van der Waals surface area contributed by atoms with Crippen LogP contribution in [0, 0.1) is 5.41 Å². The minimum absolute atomic E-state index is 0.0114. The van der Waals surface area contributed by atoms with Crippen LogP contribution in [0.2, 0.25) is 5.02 Å². The number of nitrogens with one attached hydrogen (secondary N) is 2. The van der Waals surface area contributed by atoms with Crippen molar-refractivity contribution in [2.45, 2.75) is 39.5 Å². The van der Waals surface area contributed by atoms with Crippen LogP contribution in [0.5, 0.6) is 5.75 Å². The third kappa shape index (κ3) is 6.33. The summed E-state index contributed by atoms with van der Waals surface area (Å²) in [4.78, 5) is 11.2. The van der Waals surface area contributed by atoms with Crippen LogP contribution in [0.4, 0.5) is 0 Å². The Kier molecular flexibility index (Phi) is 7.16. The van der Waals surface area contributed by atoms with Gasteiger partial charge >= 0.3 is 0 Å². The minimum atomic E-state index is -0.191. The Hall–Kier alpha value is -2.17. The predicted octanol–water partition coefficient (Wildman–Crippen LogP) is 4.40. The molecule has 2 aromatic rings. The molecule has 0 saturated heterocycles. The summed E-state index contributed by atoms with van der Waals surface area (Å²) in [7, 11) is 0. The molecule has 0 aliphatic heterocycles. The number of ketones is 1. The number of halogens is 1. The lowest BCUT2D eigenvalue weighted by Gasteiger charge is -2.16. The summed E-state index contributed by atoms with van der Waals surface area (Å²) < 4.78 is 5.93. The molecule has 0 saturated carbocycles. The molecule has 25 heavy (non-hydrogen) atoms. The maximum Gasteiger partial charge on any atom is 0.173 e. The third-order valence-electron chi connectivity index (χ3n) is 3.84. The minimum Gasteiger partial charge on any atom is -0.489 e. The number of hydrogen-bond acceptors (Lipinski definition) is 4. The molecule has 2 rings (SSSR count). The molecule has 0 heterocycles. The normalized spacial score (nSPS) is 11.8. The summed E-state index contributed by atoms with van der Waals surface area (Å²) in [6.45, 7) is 4.41. The highest BCUT2D eigenvalue weighted by molar-refractivity contribution is 6.37. The van der Waals surface area contributed by atoms with Crippen LogP contribution in [0.3, 0.4) is 0 Å². The van der Waals surface area contributed by atoms with Crippen molar-refractivity contribution >= 4 is 23.1 Å². The molecule has 0 amide bonds. The summed E-state index contributed by atoms with van der Waals surface area (Å²) >= 11 is 6.11. The van der Waals surface area contributed by atoms with Crippen LogP contribution >= 0.6 is 11.6 Å². The van der Waals surface area contributed by atoms with Crippen LogP contribution in [-0.2, 0) is 17.9 Å². The van der Waals surface area contributed by atoms with Gasteiger partial charge in [-0.3, -0.25) is 4.79 Å². The lowest BCUT2D eigenvalue weighted by Crippen LogP contribution is -2.29. The van der Waals surface area contributed by atoms with Crippen molar-refractivity contribution in [1.29, 1.82) is 5.41 Å². The highest BCUT2D eigenvalue weighted by Gasteiger charge is 2.11. The monoisotopic (exact) mass is 358 g/mol. The fourth-order valence-corrected chi connectivity index (χ4v) is 2.56. The molecule has 132 valence electrons. The second-order valence-corrected chi connectivity index (χ2v) is 6.48. The van der Waals surface area contributed by atoms with E-state index >= 15 is 0 Å². The summed E-state index contributed by atoms with van der Waals surface area (Å²) in [6.07, 6.45) is 0.399. The number of hydrogen-bond donors (Lipinski definition) is 2. The van der Waals surface area contributed by atoms with Gasteiger partial charge in [0.25, 0.3) is 0 Å². The van der Waals surface area contributed by atoms with Gasteiger partial charge in [-0.2, -0.15) is 0 Å². The van der Waals surface area contributed by atoms with E-state index in [9.17, 15) is 4.79 Å². The summed E-state index contributed by atoms with van der Waals surface area (Å²) in [6, 6.07) is 15.5. The summed E-state index contributed by atoms with van der Waals surface area (Å²) in [5, 5.41) is 11.6. The molecule has 5 heteroatoms. The van der Waals surface area contributed by atoms with Crippen molar-refractivity contribution < 1.29 is 9.53 Å². The molecule has 1 atom stereocenters. The molecule has 4 nitrogen and oxygen atoms in total. The van der Waals surface area contributed by atoms with E-state index in [-0.39, 0.29) is 17.5 Å². The topological polar surface area (TPSA) is 62.2 Å². The highest BCUT2D eigenvalue weighted by Crippen LogP contribution is 2.24. The number of carbonyl (C=O) groups is 1. The van der Waals surface area contributed by atoms with E-state index in [1.165, 1.54) is 6.92 Å². The van der Waals surface area contributed by atoms with Crippen molar-refractivity contribution in [3.05, 3.63) is 64.7 Å². The zero-order valence-corrected chi connectivity index (χ0v) is 15.3. The number of ether oxygens (including phenoxy) is 1. The maximum absolute atomic E-state index is 11.2. The van der Waals surface area contributed by atoms with Gasteiger partial charge in [0.1, 0.15) is 12.4 Å². The number of carbonyl (C=O) groups excluding carboxylic acids is 1. The van der Waals surface area contributed by atoms with Crippen molar-refractivity contribution in [2.75, 3.05) is 0 Å². The molecule has 2 aromatic carbocycles. The Bertz CT molecular complexity index is 732. The van der Waals surface area contributed by atoms with Crippen LogP contribution in [0.15, 0.2) is 48.5 Å². The second kappa shape index (κ2) is 9.35. The van der Waals surface area contributed by atoms with Gasteiger partial charge in [0, 0.05) is 36.5 Å². The Labute approximate surface area is 153 Å². The summed E-state index contributed by atoms with van der Waals surface area (Å²) in [5.41, 5.74) is 2.18. The van der Waals surface area contributed by atoms with E-state index in [0.29, 0.717) is 24.6 Å². The van der Waals surface area contributed by atoms with Crippen LogP contribution < -0.4 is 10.1 Å². The Balaban J connectivity index is 1.98. The quantitative estimate of drug-likeness (QED) is 0.653. The largest absolute Gasteiger partial charge is 0.489 e. The fourth-order valence-electron chi connectivity index (χ4n) is 2.37. The van der Waals surface area contributed by atoms with Crippen molar-refractivity contribution in [3.63, 3.8) is 0 Å². The van der Waals surface area contributed by atoms with Crippen LogP contribution in [0.25, 0.3) is 0 Å². The van der Waals surface area contributed by atoms with Crippen molar-refractivity contribution in [1.82, 2.24) is 5.32 Å². The molecule has 0 radical (unpaired) electrons. The second-order valence-electron chi connectivity index (χ2n) is 6.05. The van der Waals surface area contributed by atoms with Gasteiger partial charge in [0.2, 0.25) is 0 Å². The first-order valence-electron chi connectivity index (χ1n) is 8.22. The molecular weight excluding hydrogens is 336 g/mol. The highest BCUT2D eigenvalue weighted by atomic mass is 35.5. The first kappa shape index (κ1) is 19.2. The molecule has 2 N–H and O–H groups in total. The van der Waals surface area contributed by atoms with Crippen molar-refractivity contribution in [2.24, 2.45) is 0 Å². The van der Waals surface area contributed by atoms with E-state index in [1.807, 2.05) is 49.4 Å². The van der Waals surface area contributed by atoms with E-state index in [0.717, 1.165) is 16.9 Å². The van der Waals surface area contributed by atoms with E-state index in [1.54, 1.807) is 6.07 Å². The number of Topliss-reactive ketones (excluding diaryl/α,β-unsaturated/α-hetero) is 1. The van der Waals surface area contributed by atoms with E-state index in [4.69, 9.17) is 21.7 Å². The third-order valence-corrected chi connectivity index (χ3v) is 4.07. The zero-order valence-electron chi connectivity index (χ0n) is 14.5. The number of rotatable bonds is 9. The zero-order chi connectivity index (χ0) is 18.2. The average molecular weight is 359 g/mol. The van der Waals surface area contributed by atoms with Gasteiger partial charge in [-0.1, -0.05) is 41.9 Å². The average Bonchev–Trinajstić information content (AvgIpc) is 2.60. The first-order valence-corrected chi connectivity index (χ1v) is 8.60. The molecule has 0 aromatic heterocycles. The molecule has 0 spiro atoms. The fraction of sp³-hybridized carbons (Fsp3) is 0.300. The molecule has 0 fully saturated rings. The van der Waals surface area contributed by atoms with Crippen molar-refractivity contribution in [3.8, 4) is 5.75 Å². The van der Waals surface area contributed by atoms with Gasteiger partial charge in [-0.25, -0.2) is 0 Å². The summed E-state index contributed by atoms with van der Waals surface area (Å²) in [5.74, 6) is 0.581. The number of benzene rings is 2. The SMILES string of the molecule is CC(=O)C(=N)CC(C)NCc1cc(Cl)ccc1OCc1ccccc1. The molecule has 0 aliphatic carbocycles. The van der Waals surface area contributed by atoms with E-state index in [2.05, 4.69) is 5.32 Å². The van der Waals surface area contributed by atoms with Crippen LogP contribution in [-0.4, -0.2) is 17.5 Å². The first-order chi connectivity index (χ1) is 12.0. The molecular formula is C20H23ClN2O2. The smallest absolute Gasteiger partial charge is 0.173 e. The van der Waals surface area contributed by atoms with Gasteiger partial charge < -0.3 is 15.5 Å².